The Morgan fingerprint density at radius 3 is 2.30 bits per heavy atom. The van der Waals surface area contributed by atoms with E-state index in [4.69, 9.17) is 9.60 Å². The van der Waals surface area contributed by atoms with E-state index in [2.05, 4.69) is 0 Å². The molecule has 1 aromatic rings. The Labute approximate surface area is 134 Å². The van der Waals surface area contributed by atoms with Gasteiger partial charge in [0.2, 0.25) is 0 Å². The molecule has 1 aromatic carbocycles. The Morgan fingerprint density at radius 2 is 1.75 bits per heavy atom. The van der Waals surface area contributed by atoms with Crippen molar-refractivity contribution in [3.8, 4) is 0 Å². The summed E-state index contributed by atoms with van der Waals surface area (Å²) in [7, 11) is -7.13. The Bertz CT molecular complexity index is 810. The Kier molecular flexibility index (Phi) is 2.32. The maximum atomic E-state index is 13.8. The molecule has 0 aliphatic heterocycles. The van der Waals surface area contributed by atoms with Crippen LogP contribution in [-0.4, -0.2) is 21.2 Å². The van der Waals surface area contributed by atoms with Crippen LogP contribution in [0.15, 0.2) is 29.2 Å². The summed E-state index contributed by atoms with van der Waals surface area (Å²) >= 11 is 0. The second kappa shape index (κ2) is 5.30. The molecule has 1 aliphatic carbocycles. The molecule has 0 saturated heterocycles. The van der Waals surface area contributed by atoms with Gasteiger partial charge >= 0.3 is 0 Å². The normalized spacial score (nSPS) is 30.6. The maximum absolute atomic E-state index is 13.8. The van der Waals surface area contributed by atoms with E-state index in [9.17, 15) is 8.42 Å². The zero-order chi connectivity index (χ0) is 21.1. The molecule has 2 rings (SSSR count). The molecule has 0 heterocycles. The summed E-state index contributed by atoms with van der Waals surface area (Å²) < 4.78 is 82.0. The standard InChI is InChI=1S/C16H26O2SSi/c1-16(12-8-5-9-13-16)19(17,18)14-10-6-7-11-15(14)20(2,3)4/h6-7,10-11H,5,8-9,12-13H2,1-4H3/i1D3,12D2,13D2. The van der Waals surface area contributed by atoms with E-state index in [0.29, 0.717) is 5.19 Å². The van der Waals surface area contributed by atoms with E-state index in [-0.39, 0.29) is 24.2 Å². The van der Waals surface area contributed by atoms with Gasteiger partial charge in [0, 0.05) is 9.60 Å². The highest BCUT2D eigenvalue weighted by molar-refractivity contribution is 7.93. The van der Waals surface area contributed by atoms with Crippen molar-refractivity contribution < 1.29 is 18.0 Å². The predicted molar refractivity (Wildman–Crippen MR) is 88.1 cm³/mol. The lowest BCUT2D eigenvalue weighted by Crippen LogP contribution is -2.45. The molecule has 0 unspecified atom stereocenters. The third-order valence-corrected chi connectivity index (χ3v) is 7.75. The minimum absolute atomic E-state index is 0.0863. The Hall–Kier alpha value is -0.613. The fourth-order valence-electron chi connectivity index (χ4n) is 2.36. The largest absolute Gasteiger partial charge is 0.223 e. The van der Waals surface area contributed by atoms with Gasteiger partial charge in [-0.05, 0) is 30.9 Å². The van der Waals surface area contributed by atoms with Crippen molar-refractivity contribution >= 4 is 23.1 Å². The second-order valence-corrected chi connectivity index (χ2v) is 13.2. The smallest absolute Gasteiger partial charge is 0.183 e. The van der Waals surface area contributed by atoms with Gasteiger partial charge in [-0.3, -0.25) is 0 Å². The fourth-order valence-corrected chi connectivity index (χ4v) is 6.62. The average molecular weight is 318 g/mol. The molecule has 112 valence electrons. The lowest BCUT2D eigenvalue weighted by Gasteiger charge is -2.34. The molecule has 1 aliphatic rings. The SMILES string of the molecule is [2H]C([2H])([2H])C1(S(=O)(=O)c2ccccc2[Si](C)(C)C)C([2H])([2H])CCCC1([2H])[2H]. The lowest BCUT2D eigenvalue weighted by molar-refractivity contribution is 0.395. The van der Waals surface area contributed by atoms with E-state index < -0.39 is 42.3 Å². The van der Waals surface area contributed by atoms with Crippen LogP contribution in [-0.2, 0) is 9.84 Å². The Balaban J connectivity index is 3.00. The molecule has 0 amide bonds. The highest BCUT2D eigenvalue weighted by Crippen LogP contribution is 2.38. The molecule has 2 nitrogen and oxygen atoms in total. The van der Waals surface area contributed by atoms with Gasteiger partial charge in [0.05, 0.1) is 17.7 Å². The quantitative estimate of drug-likeness (QED) is 0.796. The number of sulfone groups is 1. The molecule has 20 heavy (non-hydrogen) atoms. The average Bonchev–Trinajstić information content (AvgIpc) is 2.42. The first-order valence-electron chi connectivity index (χ1n) is 10.3. The van der Waals surface area contributed by atoms with Crippen molar-refractivity contribution in [2.24, 2.45) is 0 Å². The molecule has 0 spiro atoms. The van der Waals surface area contributed by atoms with Crippen LogP contribution in [0.1, 0.15) is 48.5 Å². The summed E-state index contributed by atoms with van der Waals surface area (Å²) in [5, 5.41) is 0.478. The lowest BCUT2D eigenvalue weighted by atomic mass is 9.90. The number of rotatable bonds is 3. The Morgan fingerprint density at radius 1 is 1.15 bits per heavy atom. The van der Waals surface area contributed by atoms with Crippen molar-refractivity contribution in [2.45, 2.75) is 68.1 Å². The van der Waals surface area contributed by atoms with Crippen LogP contribution in [0.4, 0.5) is 0 Å². The van der Waals surface area contributed by atoms with Crippen LogP contribution >= 0.6 is 0 Å². The van der Waals surface area contributed by atoms with E-state index >= 15 is 0 Å². The van der Waals surface area contributed by atoms with Crippen LogP contribution < -0.4 is 5.19 Å². The van der Waals surface area contributed by atoms with E-state index in [1.807, 2.05) is 19.6 Å². The number of benzene rings is 1. The van der Waals surface area contributed by atoms with Gasteiger partial charge in [0.25, 0.3) is 0 Å². The fraction of sp³-hybridized carbons (Fsp3) is 0.625. The summed E-state index contributed by atoms with van der Waals surface area (Å²) in [6.07, 6.45) is -6.04. The highest BCUT2D eigenvalue weighted by Gasteiger charge is 2.42. The van der Waals surface area contributed by atoms with Gasteiger partial charge in [-0.15, -0.1) is 0 Å². The molecule has 1 fully saturated rings. The molecule has 0 bridgehead atoms. The van der Waals surface area contributed by atoms with E-state index in [1.165, 1.54) is 12.1 Å². The van der Waals surface area contributed by atoms with Crippen LogP contribution in [0, 0.1) is 0 Å². The molecule has 0 aromatic heterocycles. The summed E-state index contributed by atoms with van der Waals surface area (Å²) in [5.74, 6) is 0. The highest BCUT2D eigenvalue weighted by atomic mass is 32.2. The van der Waals surface area contributed by atoms with Crippen molar-refractivity contribution in [2.75, 3.05) is 0 Å². The molecule has 4 heteroatoms. The zero-order valence-corrected chi connectivity index (χ0v) is 14.0. The van der Waals surface area contributed by atoms with Crippen molar-refractivity contribution in [3.05, 3.63) is 24.3 Å². The first kappa shape index (κ1) is 8.74. The van der Waals surface area contributed by atoms with E-state index in [1.54, 1.807) is 12.1 Å². The number of hydrogen-bond acceptors (Lipinski definition) is 2. The first-order chi connectivity index (χ1) is 11.9. The summed E-state index contributed by atoms with van der Waals surface area (Å²) in [6, 6.07) is 6.05. The second-order valence-electron chi connectivity index (χ2n) is 6.14. The van der Waals surface area contributed by atoms with Crippen molar-refractivity contribution in [3.63, 3.8) is 0 Å². The zero-order valence-electron chi connectivity index (χ0n) is 19.2. The van der Waals surface area contributed by atoms with Gasteiger partial charge in [0.1, 0.15) is 0 Å². The molecular weight excluding hydrogens is 284 g/mol. The van der Waals surface area contributed by atoms with E-state index in [0.717, 1.165) is 0 Å². The molecule has 0 N–H and O–H groups in total. The predicted octanol–water partition coefficient (Wildman–Crippen LogP) is 3.73. The van der Waals surface area contributed by atoms with Crippen LogP contribution in [0.5, 0.6) is 0 Å². The molecule has 0 atom stereocenters. The van der Waals surface area contributed by atoms with Gasteiger partial charge in [-0.25, -0.2) is 8.42 Å². The third-order valence-electron chi connectivity index (χ3n) is 3.49. The van der Waals surface area contributed by atoms with Crippen LogP contribution in [0.25, 0.3) is 0 Å². The topological polar surface area (TPSA) is 34.1 Å². The minimum atomic E-state index is -4.89. The van der Waals surface area contributed by atoms with Gasteiger partial charge < -0.3 is 0 Å². The van der Waals surface area contributed by atoms with Gasteiger partial charge in [-0.1, -0.05) is 57.1 Å². The minimum Gasteiger partial charge on any atom is -0.223 e. The summed E-state index contributed by atoms with van der Waals surface area (Å²) in [5.41, 5.74) is 0. The van der Waals surface area contributed by atoms with Crippen molar-refractivity contribution in [1.29, 1.82) is 0 Å². The van der Waals surface area contributed by atoms with Crippen LogP contribution in [0.3, 0.4) is 0 Å². The van der Waals surface area contributed by atoms with Crippen LogP contribution in [0.2, 0.25) is 19.6 Å². The van der Waals surface area contributed by atoms with Gasteiger partial charge in [0.15, 0.2) is 9.84 Å². The summed E-state index contributed by atoms with van der Waals surface area (Å²) in [6.45, 7) is 2.35. The maximum Gasteiger partial charge on any atom is 0.183 e. The number of hydrogen-bond donors (Lipinski definition) is 0. The molecular formula is C16H26O2SSi. The van der Waals surface area contributed by atoms with Gasteiger partial charge in [-0.2, -0.15) is 0 Å². The first-order valence-corrected chi connectivity index (χ1v) is 11.8. The van der Waals surface area contributed by atoms with Crippen molar-refractivity contribution in [1.82, 2.24) is 0 Å². The monoisotopic (exact) mass is 317 g/mol. The third kappa shape index (κ3) is 2.73. The molecule has 0 radical (unpaired) electrons. The molecule has 1 saturated carbocycles. The summed E-state index contributed by atoms with van der Waals surface area (Å²) in [4.78, 5) is -0.255.